The number of benzene rings is 3. The third-order valence-electron chi connectivity index (χ3n) is 6.12. The van der Waals surface area contributed by atoms with E-state index in [1.807, 2.05) is 65.3 Å². The Hall–Kier alpha value is -2.90. The van der Waals surface area contributed by atoms with E-state index < -0.39 is 6.89 Å². The molecule has 4 rings (SSSR count). The van der Waals surface area contributed by atoms with Crippen molar-refractivity contribution in [3.8, 4) is 0 Å². The molecule has 0 radical (unpaired) electrons. The van der Waals surface area contributed by atoms with Gasteiger partial charge in [-0.25, -0.2) is 0 Å². The Kier molecular flexibility index (Phi) is 7.39. The molecule has 32 heavy (non-hydrogen) atoms. The van der Waals surface area contributed by atoms with E-state index in [2.05, 4.69) is 36.4 Å². The molecule has 1 aliphatic heterocycles. The molecule has 0 saturated carbocycles. The predicted molar refractivity (Wildman–Crippen MR) is 136 cm³/mol. The lowest BCUT2D eigenvalue weighted by molar-refractivity contribution is -0.133. The van der Waals surface area contributed by atoms with E-state index in [0.717, 1.165) is 41.8 Å². The number of rotatable bonds is 7. The van der Waals surface area contributed by atoms with Crippen LogP contribution in [0.5, 0.6) is 0 Å². The van der Waals surface area contributed by atoms with Gasteiger partial charge < -0.3 is 4.90 Å². The van der Waals surface area contributed by atoms with Gasteiger partial charge in [-0.05, 0) is 47.9 Å². The maximum atomic E-state index is 13.4. The average Bonchev–Trinajstić information content (AvgIpc) is 2.88. The molecule has 1 amide bonds. The summed E-state index contributed by atoms with van der Waals surface area (Å²) in [4.78, 5) is 27.9. The van der Waals surface area contributed by atoms with Gasteiger partial charge >= 0.3 is 0 Å². The van der Waals surface area contributed by atoms with Crippen LogP contribution in [-0.4, -0.2) is 35.5 Å². The number of piperidine rings is 1. The summed E-state index contributed by atoms with van der Waals surface area (Å²) in [7, 11) is 0. The minimum absolute atomic E-state index is 0.0419. The molecule has 1 fully saturated rings. The van der Waals surface area contributed by atoms with E-state index in [-0.39, 0.29) is 24.5 Å². The SMILES string of the molecule is O=C(C=P(c1ccccc1)(c1ccccc1)c1ccccc1)CCC(=O)N1CCCCC1. The van der Waals surface area contributed by atoms with Gasteiger partial charge in [0, 0.05) is 25.9 Å². The van der Waals surface area contributed by atoms with Crippen LogP contribution in [0.2, 0.25) is 0 Å². The number of Topliss-reactive ketones (excluding diaryl/α,β-unsaturated/α-hetero) is 1. The van der Waals surface area contributed by atoms with Crippen LogP contribution in [0.25, 0.3) is 0 Å². The Morgan fingerprint density at radius 2 is 1.09 bits per heavy atom. The van der Waals surface area contributed by atoms with Crippen LogP contribution < -0.4 is 15.9 Å². The fourth-order valence-electron chi connectivity index (χ4n) is 4.47. The maximum Gasteiger partial charge on any atom is 0.223 e. The first kappa shape index (κ1) is 22.3. The molecule has 1 heterocycles. The quantitative estimate of drug-likeness (QED) is 0.515. The summed E-state index contributed by atoms with van der Waals surface area (Å²) in [6, 6.07) is 31.0. The molecular weight excluding hydrogens is 413 g/mol. The number of ketones is 1. The minimum atomic E-state index is -2.30. The van der Waals surface area contributed by atoms with E-state index in [1.165, 1.54) is 6.42 Å². The molecule has 0 N–H and O–H groups in total. The van der Waals surface area contributed by atoms with Gasteiger partial charge in [0.25, 0.3) is 0 Å². The van der Waals surface area contributed by atoms with Crippen LogP contribution in [-0.2, 0) is 9.59 Å². The van der Waals surface area contributed by atoms with Gasteiger partial charge in [-0.1, -0.05) is 91.0 Å². The summed E-state index contributed by atoms with van der Waals surface area (Å²) in [5.74, 6) is 2.09. The van der Waals surface area contributed by atoms with Crippen molar-refractivity contribution in [3.63, 3.8) is 0 Å². The number of amides is 1. The topological polar surface area (TPSA) is 37.4 Å². The third-order valence-corrected chi connectivity index (χ3v) is 10.1. The first-order valence-corrected chi connectivity index (χ1v) is 13.3. The van der Waals surface area contributed by atoms with Crippen molar-refractivity contribution in [2.45, 2.75) is 32.1 Å². The highest BCUT2D eigenvalue weighted by Gasteiger charge is 2.26. The summed E-state index contributed by atoms with van der Waals surface area (Å²) in [5.41, 5.74) is 0. The summed E-state index contributed by atoms with van der Waals surface area (Å²) in [6.45, 7) is -0.651. The number of carbonyl (C=O) groups is 2. The second-order valence-corrected chi connectivity index (χ2v) is 11.5. The largest absolute Gasteiger partial charge is 0.343 e. The molecule has 0 aromatic heterocycles. The van der Waals surface area contributed by atoms with Crippen molar-refractivity contribution in [1.82, 2.24) is 4.90 Å². The first-order chi connectivity index (χ1) is 15.7. The number of carbonyl (C=O) groups excluding carboxylic acids is 2. The highest BCUT2D eigenvalue weighted by atomic mass is 31.2. The molecule has 0 atom stereocenters. The van der Waals surface area contributed by atoms with Gasteiger partial charge in [0.1, 0.15) is 0 Å². The zero-order valence-electron chi connectivity index (χ0n) is 18.4. The molecule has 164 valence electrons. The van der Waals surface area contributed by atoms with Gasteiger partial charge in [-0.2, -0.15) is 0 Å². The van der Waals surface area contributed by atoms with Crippen LogP contribution in [0, 0.1) is 0 Å². The van der Waals surface area contributed by atoms with Crippen molar-refractivity contribution in [1.29, 1.82) is 0 Å². The number of hydrogen-bond acceptors (Lipinski definition) is 2. The Morgan fingerprint density at radius 1 is 0.656 bits per heavy atom. The molecular formula is C28H30NO2P. The van der Waals surface area contributed by atoms with E-state index in [4.69, 9.17) is 0 Å². The lowest BCUT2D eigenvalue weighted by Gasteiger charge is -2.28. The zero-order chi connectivity index (χ0) is 22.2. The molecule has 0 aliphatic carbocycles. The molecule has 0 unspecified atom stereocenters. The van der Waals surface area contributed by atoms with E-state index in [0.29, 0.717) is 0 Å². The number of nitrogens with zero attached hydrogens (tertiary/aromatic N) is 1. The maximum absolute atomic E-state index is 13.4. The Labute approximate surface area is 191 Å². The number of hydrogen-bond donors (Lipinski definition) is 0. The van der Waals surface area contributed by atoms with Crippen LogP contribution in [0.15, 0.2) is 91.0 Å². The molecule has 3 nitrogen and oxygen atoms in total. The normalized spacial score (nSPS) is 14.1. The second kappa shape index (κ2) is 10.6. The number of likely N-dealkylation sites (tertiary alicyclic amines) is 1. The molecule has 4 heteroatoms. The standard InChI is InChI=1S/C28H30NO2P/c30-24(19-20-28(31)29-21-11-4-12-22-29)23-32(25-13-5-1-6-14-25,26-15-7-2-8-16-26)27-17-9-3-10-18-27/h1-3,5-10,13-18,23H,4,11-12,19-22H2. The molecule has 1 aliphatic rings. The summed E-state index contributed by atoms with van der Waals surface area (Å²) in [6.07, 6.45) is 3.86. The smallest absolute Gasteiger partial charge is 0.223 e. The average molecular weight is 444 g/mol. The minimum Gasteiger partial charge on any atom is -0.343 e. The van der Waals surface area contributed by atoms with Crippen LogP contribution in [0.3, 0.4) is 0 Å². The van der Waals surface area contributed by atoms with E-state index in [9.17, 15) is 9.59 Å². The van der Waals surface area contributed by atoms with Gasteiger partial charge in [-0.3, -0.25) is 9.59 Å². The second-order valence-electron chi connectivity index (χ2n) is 8.27. The monoisotopic (exact) mass is 443 g/mol. The van der Waals surface area contributed by atoms with Crippen LogP contribution >= 0.6 is 6.89 Å². The molecule has 3 aromatic carbocycles. The van der Waals surface area contributed by atoms with Crippen molar-refractivity contribution in [2.24, 2.45) is 0 Å². The zero-order valence-corrected chi connectivity index (χ0v) is 19.3. The Balaban J connectivity index is 1.74. The molecule has 1 saturated heterocycles. The van der Waals surface area contributed by atoms with E-state index in [1.54, 1.807) is 0 Å². The molecule has 0 bridgehead atoms. The van der Waals surface area contributed by atoms with Gasteiger partial charge in [-0.15, -0.1) is 0 Å². The summed E-state index contributed by atoms with van der Waals surface area (Å²) >= 11 is 0. The summed E-state index contributed by atoms with van der Waals surface area (Å²) < 4.78 is 0. The Bertz CT molecular complexity index is 985. The fourth-order valence-corrected chi connectivity index (χ4v) is 8.30. The molecule has 3 aromatic rings. The van der Waals surface area contributed by atoms with Crippen LogP contribution in [0.1, 0.15) is 32.1 Å². The fraction of sp³-hybridized carbons (Fsp3) is 0.250. The highest BCUT2D eigenvalue weighted by molar-refractivity contribution is 7.95. The van der Waals surface area contributed by atoms with Crippen LogP contribution in [0.4, 0.5) is 0 Å². The van der Waals surface area contributed by atoms with Crippen molar-refractivity contribution >= 4 is 40.3 Å². The van der Waals surface area contributed by atoms with Gasteiger partial charge in [0.15, 0.2) is 5.78 Å². The van der Waals surface area contributed by atoms with Crippen molar-refractivity contribution < 1.29 is 9.59 Å². The van der Waals surface area contributed by atoms with Crippen molar-refractivity contribution in [2.75, 3.05) is 13.1 Å². The summed E-state index contributed by atoms with van der Waals surface area (Å²) in [5, 5.41) is 3.44. The van der Waals surface area contributed by atoms with Gasteiger partial charge in [0.05, 0.1) is 0 Å². The lowest BCUT2D eigenvalue weighted by atomic mass is 10.1. The first-order valence-electron chi connectivity index (χ1n) is 11.4. The van der Waals surface area contributed by atoms with E-state index >= 15 is 0 Å². The van der Waals surface area contributed by atoms with Crippen molar-refractivity contribution in [3.05, 3.63) is 91.0 Å². The lowest BCUT2D eigenvalue weighted by Crippen LogP contribution is -2.35. The van der Waals surface area contributed by atoms with Gasteiger partial charge in [0.2, 0.25) is 5.91 Å². The Morgan fingerprint density at radius 3 is 1.53 bits per heavy atom. The predicted octanol–water partition coefficient (Wildman–Crippen LogP) is 4.14. The molecule has 0 spiro atoms. The highest BCUT2D eigenvalue weighted by Crippen LogP contribution is 2.43. The third kappa shape index (κ3) is 4.95.